The first-order chi connectivity index (χ1) is 7.85. The van der Waals surface area contributed by atoms with Gasteiger partial charge in [0.2, 0.25) is 0 Å². The average molecular weight is 219 g/mol. The number of nitrogens with one attached hydrogen (secondary N) is 1. The molecule has 0 unspecified atom stereocenters. The lowest BCUT2D eigenvalue weighted by Gasteiger charge is -2.03. The van der Waals surface area contributed by atoms with Gasteiger partial charge in [-0.05, 0) is 31.7 Å². The molecule has 2 aromatic rings. The molecule has 86 valence electrons. The van der Waals surface area contributed by atoms with Gasteiger partial charge in [0.25, 0.3) is 0 Å². The minimum absolute atomic E-state index is 0.686. The molecule has 1 N–H and O–H groups in total. The molecule has 3 heteroatoms. The van der Waals surface area contributed by atoms with Gasteiger partial charge in [0.15, 0.2) is 0 Å². The van der Waals surface area contributed by atoms with E-state index >= 15 is 0 Å². The Morgan fingerprint density at radius 2 is 2.19 bits per heavy atom. The summed E-state index contributed by atoms with van der Waals surface area (Å²) in [4.78, 5) is 0. The van der Waals surface area contributed by atoms with Gasteiger partial charge < -0.3 is 14.5 Å². The first-order valence-corrected chi connectivity index (χ1v) is 5.68. The zero-order valence-corrected chi connectivity index (χ0v) is 9.75. The van der Waals surface area contributed by atoms with Crippen molar-refractivity contribution in [3.05, 3.63) is 30.0 Å². The molecule has 0 spiro atoms. The Labute approximate surface area is 95.4 Å². The quantitative estimate of drug-likeness (QED) is 0.839. The summed E-state index contributed by atoms with van der Waals surface area (Å²) >= 11 is 0. The van der Waals surface area contributed by atoms with Crippen molar-refractivity contribution in [2.75, 3.05) is 13.2 Å². The highest BCUT2D eigenvalue weighted by Gasteiger charge is 2.06. The van der Waals surface area contributed by atoms with Crippen molar-refractivity contribution in [3.63, 3.8) is 0 Å². The number of hydrogen-bond acceptors (Lipinski definition) is 3. The summed E-state index contributed by atoms with van der Waals surface area (Å²) in [5.41, 5.74) is 2.09. The van der Waals surface area contributed by atoms with Gasteiger partial charge in [-0.2, -0.15) is 0 Å². The fourth-order valence-electron chi connectivity index (χ4n) is 1.71. The molecule has 1 aromatic heterocycles. The predicted molar refractivity (Wildman–Crippen MR) is 64.8 cm³/mol. The highest BCUT2D eigenvalue weighted by molar-refractivity contribution is 5.82. The van der Waals surface area contributed by atoms with Crippen LogP contribution in [0.2, 0.25) is 0 Å². The number of fused-ring (bicyclic) bond motifs is 1. The van der Waals surface area contributed by atoms with Crippen LogP contribution in [-0.2, 0) is 6.54 Å². The molecule has 0 aliphatic rings. The third kappa shape index (κ3) is 2.19. The average Bonchev–Trinajstić information content (AvgIpc) is 2.69. The number of hydrogen-bond donors (Lipinski definition) is 1. The maximum absolute atomic E-state index is 5.48. The Morgan fingerprint density at radius 1 is 1.31 bits per heavy atom. The molecular weight excluding hydrogens is 202 g/mol. The van der Waals surface area contributed by atoms with Crippen molar-refractivity contribution in [2.24, 2.45) is 0 Å². The van der Waals surface area contributed by atoms with E-state index in [4.69, 9.17) is 9.15 Å². The van der Waals surface area contributed by atoms with Crippen LogP contribution in [0.5, 0.6) is 5.75 Å². The van der Waals surface area contributed by atoms with E-state index in [-0.39, 0.29) is 0 Å². The Kier molecular flexibility index (Phi) is 3.47. The van der Waals surface area contributed by atoms with E-state index in [1.165, 1.54) is 5.56 Å². The second-order valence-corrected chi connectivity index (χ2v) is 3.63. The molecular formula is C13H17NO2. The van der Waals surface area contributed by atoms with Crippen molar-refractivity contribution in [2.45, 2.75) is 20.4 Å². The topological polar surface area (TPSA) is 34.4 Å². The fraction of sp³-hybridized carbons (Fsp3) is 0.385. The number of ether oxygens (including phenoxy) is 1. The summed E-state index contributed by atoms with van der Waals surface area (Å²) in [7, 11) is 0. The zero-order chi connectivity index (χ0) is 11.4. The van der Waals surface area contributed by atoms with Crippen molar-refractivity contribution >= 4 is 11.0 Å². The van der Waals surface area contributed by atoms with E-state index in [0.29, 0.717) is 6.61 Å². The maximum Gasteiger partial charge on any atom is 0.134 e. The summed E-state index contributed by atoms with van der Waals surface area (Å²) in [5.74, 6) is 0.897. The van der Waals surface area contributed by atoms with Gasteiger partial charge in [-0.25, -0.2) is 0 Å². The maximum atomic E-state index is 5.48. The molecule has 1 aromatic carbocycles. The third-order valence-electron chi connectivity index (χ3n) is 2.50. The van der Waals surface area contributed by atoms with Gasteiger partial charge in [0, 0.05) is 17.5 Å². The largest absolute Gasteiger partial charge is 0.494 e. The van der Waals surface area contributed by atoms with Crippen molar-refractivity contribution < 1.29 is 9.15 Å². The standard InChI is InChI=1S/C13H17NO2/c1-3-14-8-10-9-16-13-6-5-11(15-4-2)7-12(10)13/h5-7,9,14H,3-4,8H2,1-2H3. The van der Waals surface area contributed by atoms with Crippen LogP contribution < -0.4 is 10.1 Å². The molecule has 0 bridgehead atoms. The summed E-state index contributed by atoms with van der Waals surface area (Å²) in [6.45, 7) is 6.55. The van der Waals surface area contributed by atoms with Crippen LogP contribution in [-0.4, -0.2) is 13.2 Å². The summed E-state index contributed by atoms with van der Waals surface area (Å²) < 4.78 is 11.0. The molecule has 0 saturated carbocycles. The highest BCUT2D eigenvalue weighted by Crippen LogP contribution is 2.25. The zero-order valence-electron chi connectivity index (χ0n) is 9.75. The Bertz CT molecular complexity index is 462. The van der Waals surface area contributed by atoms with E-state index in [0.717, 1.165) is 29.8 Å². The second-order valence-electron chi connectivity index (χ2n) is 3.63. The van der Waals surface area contributed by atoms with Crippen LogP contribution >= 0.6 is 0 Å². The monoisotopic (exact) mass is 219 g/mol. The molecule has 0 aliphatic carbocycles. The van der Waals surface area contributed by atoms with Gasteiger partial charge in [0.05, 0.1) is 12.9 Å². The molecule has 0 amide bonds. The first-order valence-electron chi connectivity index (χ1n) is 5.68. The van der Waals surface area contributed by atoms with Gasteiger partial charge in [-0.15, -0.1) is 0 Å². The molecule has 3 nitrogen and oxygen atoms in total. The fourth-order valence-corrected chi connectivity index (χ4v) is 1.71. The number of rotatable bonds is 5. The van der Waals surface area contributed by atoms with E-state index in [1.807, 2.05) is 31.4 Å². The normalized spacial score (nSPS) is 10.9. The van der Waals surface area contributed by atoms with Gasteiger partial charge >= 0.3 is 0 Å². The van der Waals surface area contributed by atoms with E-state index < -0.39 is 0 Å². The van der Waals surface area contributed by atoms with Crippen LogP contribution in [0.3, 0.4) is 0 Å². The number of furan rings is 1. The molecule has 16 heavy (non-hydrogen) atoms. The minimum Gasteiger partial charge on any atom is -0.494 e. The van der Waals surface area contributed by atoms with E-state index in [1.54, 1.807) is 0 Å². The van der Waals surface area contributed by atoms with Crippen LogP contribution in [0.15, 0.2) is 28.9 Å². The van der Waals surface area contributed by atoms with E-state index in [2.05, 4.69) is 12.2 Å². The lowest BCUT2D eigenvalue weighted by molar-refractivity contribution is 0.340. The summed E-state index contributed by atoms with van der Waals surface area (Å²) in [6, 6.07) is 5.93. The molecule has 0 aliphatic heterocycles. The lowest BCUT2D eigenvalue weighted by atomic mass is 10.1. The Hall–Kier alpha value is -1.48. The van der Waals surface area contributed by atoms with Crippen molar-refractivity contribution in [1.82, 2.24) is 5.32 Å². The lowest BCUT2D eigenvalue weighted by Crippen LogP contribution is -2.11. The molecule has 0 fully saturated rings. The van der Waals surface area contributed by atoms with Crippen LogP contribution in [0.25, 0.3) is 11.0 Å². The predicted octanol–water partition coefficient (Wildman–Crippen LogP) is 2.94. The summed E-state index contributed by atoms with van der Waals surface area (Å²) in [6.07, 6.45) is 1.81. The van der Waals surface area contributed by atoms with Crippen LogP contribution in [0, 0.1) is 0 Å². The molecule has 0 saturated heterocycles. The summed E-state index contributed by atoms with van der Waals surface area (Å²) in [5, 5.41) is 4.42. The minimum atomic E-state index is 0.686. The number of benzene rings is 1. The second kappa shape index (κ2) is 5.03. The van der Waals surface area contributed by atoms with Crippen molar-refractivity contribution in [3.8, 4) is 5.75 Å². The Balaban J connectivity index is 2.31. The van der Waals surface area contributed by atoms with Crippen molar-refractivity contribution in [1.29, 1.82) is 0 Å². The van der Waals surface area contributed by atoms with E-state index in [9.17, 15) is 0 Å². The third-order valence-corrected chi connectivity index (χ3v) is 2.50. The van der Waals surface area contributed by atoms with Gasteiger partial charge in [-0.3, -0.25) is 0 Å². The highest BCUT2D eigenvalue weighted by atomic mass is 16.5. The molecule has 1 heterocycles. The Morgan fingerprint density at radius 3 is 2.94 bits per heavy atom. The van der Waals surface area contributed by atoms with Crippen LogP contribution in [0.1, 0.15) is 19.4 Å². The first kappa shape index (κ1) is 11.0. The smallest absolute Gasteiger partial charge is 0.134 e. The van der Waals surface area contributed by atoms with Gasteiger partial charge in [-0.1, -0.05) is 6.92 Å². The van der Waals surface area contributed by atoms with Gasteiger partial charge in [0.1, 0.15) is 11.3 Å². The molecule has 0 radical (unpaired) electrons. The molecule has 0 atom stereocenters. The van der Waals surface area contributed by atoms with Crippen LogP contribution in [0.4, 0.5) is 0 Å². The SMILES string of the molecule is CCNCc1coc2ccc(OCC)cc12. The molecule has 2 rings (SSSR count).